The van der Waals surface area contributed by atoms with E-state index in [-0.39, 0.29) is 18.5 Å². The highest BCUT2D eigenvalue weighted by Gasteiger charge is 2.50. The Bertz CT molecular complexity index is 1110. The van der Waals surface area contributed by atoms with Gasteiger partial charge in [-0.15, -0.1) is 13.2 Å². The van der Waals surface area contributed by atoms with E-state index in [1.807, 2.05) is 0 Å². The van der Waals surface area contributed by atoms with Gasteiger partial charge in [-0.25, -0.2) is 18.3 Å². The molecule has 0 spiro atoms. The average molecular weight is 482 g/mol. The Kier molecular flexibility index (Phi) is 7.35. The van der Waals surface area contributed by atoms with Crippen LogP contribution in [0.5, 0.6) is 0 Å². The molecule has 1 aliphatic rings. The summed E-state index contributed by atoms with van der Waals surface area (Å²) in [6.07, 6.45) is -5.94. The number of carboxylic acid groups (broad SMARTS) is 1. The maximum Gasteiger partial charge on any atom is 0.525 e. The normalized spacial score (nSPS) is 18.3. The fourth-order valence-corrected chi connectivity index (χ4v) is 3.42. The number of rotatable bonds is 7. The van der Waals surface area contributed by atoms with Crippen molar-refractivity contribution in [2.45, 2.75) is 31.6 Å². The minimum atomic E-state index is -5.41. The molecule has 0 radical (unpaired) electrons. The molecule has 0 aliphatic heterocycles. The number of hydrogen-bond acceptors (Lipinski definition) is 3. The number of benzene rings is 2. The first kappa shape index (κ1) is 24.9. The number of carbonyl (C=O) groups is 2. The fourth-order valence-electron chi connectivity index (χ4n) is 3.42. The van der Waals surface area contributed by atoms with Crippen LogP contribution in [-0.4, -0.2) is 29.3 Å². The van der Waals surface area contributed by atoms with Gasteiger partial charge in [-0.1, -0.05) is 54.6 Å². The van der Waals surface area contributed by atoms with Crippen LogP contribution < -0.4 is 10.6 Å². The van der Waals surface area contributed by atoms with Gasteiger partial charge in [-0.2, -0.15) is 0 Å². The SMILES string of the molecule is O=C(O)Cc1ccc(CNC(=O)NC2=CC(F)=C(c3ccccc3)C(F)(OC(F)(F)F)C2)cc1. The third-order valence-electron chi connectivity index (χ3n) is 4.78. The van der Waals surface area contributed by atoms with E-state index in [1.54, 1.807) is 24.3 Å². The van der Waals surface area contributed by atoms with E-state index in [9.17, 15) is 27.2 Å². The number of aliphatic carboxylic acids is 1. The molecule has 34 heavy (non-hydrogen) atoms. The summed E-state index contributed by atoms with van der Waals surface area (Å²) in [5, 5.41) is 13.3. The first-order chi connectivity index (χ1) is 15.9. The van der Waals surface area contributed by atoms with Crippen LogP contribution in [-0.2, 0) is 22.5 Å². The van der Waals surface area contributed by atoms with E-state index in [2.05, 4.69) is 15.4 Å². The molecule has 2 aromatic carbocycles. The molecule has 0 saturated heterocycles. The highest BCUT2D eigenvalue weighted by atomic mass is 19.4. The number of carboxylic acids is 1. The number of carbonyl (C=O) groups excluding carboxylic acids is 1. The predicted octanol–water partition coefficient (Wildman–Crippen LogP) is 4.98. The summed E-state index contributed by atoms with van der Waals surface area (Å²) in [7, 11) is 0. The van der Waals surface area contributed by atoms with Gasteiger partial charge in [0.05, 0.1) is 18.4 Å². The highest BCUT2D eigenvalue weighted by Crippen LogP contribution is 2.46. The van der Waals surface area contributed by atoms with Crippen molar-refractivity contribution >= 4 is 17.6 Å². The van der Waals surface area contributed by atoms with E-state index in [0.29, 0.717) is 11.1 Å². The van der Waals surface area contributed by atoms with Crippen LogP contribution in [0.15, 0.2) is 72.2 Å². The van der Waals surface area contributed by atoms with Crippen LogP contribution in [0.1, 0.15) is 23.1 Å². The summed E-state index contributed by atoms with van der Waals surface area (Å²) in [4.78, 5) is 22.9. The zero-order valence-corrected chi connectivity index (χ0v) is 17.5. The molecule has 3 rings (SSSR count). The first-order valence-electron chi connectivity index (χ1n) is 9.92. The summed E-state index contributed by atoms with van der Waals surface area (Å²) in [6, 6.07) is 12.2. The summed E-state index contributed by atoms with van der Waals surface area (Å²) >= 11 is 0. The zero-order chi connectivity index (χ0) is 24.9. The average Bonchev–Trinajstić information content (AvgIpc) is 2.71. The zero-order valence-electron chi connectivity index (χ0n) is 17.5. The van der Waals surface area contributed by atoms with E-state index in [1.165, 1.54) is 30.3 Å². The number of hydrogen-bond donors (Lipinski definition) is 3. The maximum atomic E-state index is 15.5. The molecule has 1 unspecified atom stereocenters. The van der Waals surface area contributed by atoms with Crippen LogP contribution in [0.3, 0.4) is 0 Å². The summed E-state index contributed by atoms with van der Waals surface area (Å²) in [5.74, 6) is -5.93. The van der Waals surface area contributed by atoms with Gasteiger partial charge in [0.25, 0.3) is 5.85 Å². The van der Waals surface area contributed by atoms with Crippen molar-refractivity contribution in [2.24, 2.45) is 0 Å². The Balaban J connectivity index is 1.73. The lowest BCUT2D eigenvalue weighted by Crippen LogP contribution is -2.42. The Morgan fingerprint density at radius 2 is 1.65 bits per heavy atom. The number of nitrogens with one attached hydrogen (secondary N) is 2. The molecule has 0 saturated carbocycles. The molecule has 0 aromatic heterocycles. The lowest BCUT2D eigenvalue weighted by atomic mass is 9.90. The van der Waals surface area contributed by atoms with Gasteiger partial charge >= 0.3 is 18.4 Å². The quantitative estimate of drug-likeness (QED) is 0.486. The molecule has 1 atom stereocenters. The Morgan fingerprint density at radius 3 is 2.24 bits per heavy atom. The van der Waals surface area contributed by atoms with Crippen molar-refractivity contribution in [3.8, 4) is 0 Å². The summed E-state index contributed by atoms with van der Waals surface area (Å²) in [6.45, 7) is -0.0279. The van der Waals surface area contributed by atoms with Crippen molar-refractivity contribution in [3.05, 3.63) is 88.9 Å². The Labute approximate surface area is 190 Å². The van der Waals surface area contributed by atoms with Gasteiger partial charge in [0.2, 0.25) is 0 Å². The van der Waals surface area contributed by atoms with Gasteiger partial charge in [0.1, 0.15) is 5.83 Å². The lowest BCUT2D eigenvalue weighted by Gasteiger charge is -2.33. The number of allylic oxidation sites excluding steroid dienone is 2. The smallest absolute Gasteiger partial charge is 0.481 e. The third-order valence-corrected chi connectivity index (χ3v) is 4.78. The molecule has 2 amide bonds. The van der Waals surface area contributed by atoms with E-state index >= 15 is 4.39 Å². The number of amides is 2. The van der Waals surface area contributed by atoms with E-state index in [4.69, 9.17) is 5.11 Å². The molecule has 1 aliphatic carbocycles. The minimum Gasteiger partial charge on any atom is -0.481 e. The molecule has 0 bridgehead atoms. The maximum absolute atomic E-state index is 15.5. The van der Waals surface area contributed by atoms with Crippen molar-refractivity contribution in [1.82, 2.24) is 10.6 Å². The fraction of sp³-hybridized carbons (Fsp3) is 0.217. The van der Waals surface area contributed by atoms with Gasteiger partial charge in [0, 0.05) is 12.2 Å². The number of ether oxygens (including phenoxy) is 1. The second-order valence-corrected chi connectivity index (χ2v) is 7.41. The topological polar surface area (TPSA) is 87.7 Å². The molecule has 2 aromatic rings. The molecule has 6 nitrogen and oxygen atoms in total. The number of halogens is 5. The van der Waals surface area contributed by atoms with Crippen molar-refractivity contribution in [1.29, 1.82) is 0 Å². The van der Waals surface area contributed by atoms with Crippen LogP contribution in [0.4, 0.5) is 26.7 Å². The summed E-state index contributed by atoms with van der Waals surface area (Å²) < 4.78 is 72.7. The monoisotopic (exact) mass is 482 g/mol. The predicted molar refractivity (Wildman–Crippen MR) is 111 cm³/mol. The number of urea groups is 1. The molecule has 180 valence electrons. The number of alkyl halides is 4. The minimum absolute atomic E-state index is 0.0279. The largest absolute Gasteiger partial charge is 0.525 e. The molecular weight excluding hydrogens is 463 g/mol. The van der Waals surface area contributed by atoms with Crippen molar-refractivity contribution in [2.75, 3.05) is 0 Å². The second-order valence-electron chi connectivity index (χ2n) is 7.41. The molecule has 11 heteroatoms. The van der Waals surface area contributed by atoms with Gasteiger partial charge in [-0.3, -0.25) is 4.79 Å². The van der Waals surface area contributed by atoms with E-state index < -0.39 is 47.7 Å². The summed E-state index contributed by atoms with van der Waals surface area (Å²) in [5.41, 5.74) is -0.387. The molecule has 0 heterocycles. The van der Waals surface area contributed by atoms with Gasteiger partial charge in [-0.05, 0) is 22.8 Å². The van der Waals surface area contributed by atoms with Crippen LogP contribution in [0, 0.1) is 0 Å². The van der Waals surface area contributed by atoms with Crippen LogP contribution >= 0.6 is 0 Å². The third kappa shape index (κ3) is 6.64. The lowest BCUT2D eigenvalue weighted by molar-refractivity contribution is -0.378. The second kappa shape index (κ2) is 10.0. The van der Waals surface area contributed by atoms with Crippen molar-refractivity contribution < 1.29 is 41.4 Å². The highest BCUT2D eigenvalue weighted by molar-refractivity contribution is 5.79. The Hall–Kier alpha value is -3.73. The van der Waals surface area contributed by atoms with Crippen molar-refractivity contribution in [3.63, 3.8) is 0 Å². The van der Waals surface area contributed by atoms with Crippen LogP contribution in [0.2, 0.25) is 0 Å². The molecule has 0 fully saturated rings. The molecular formula is C23H19F5N2O4. The van der Waals surface area contributed by atoms with Gasteiger partial charge in [0.15, 0.2) is 0 Å². The van der Waals surface area contributed by atoms with E-state index in [0.717, 1.165) is 6.08 Å². The molecule has 3 N–H and O–H groups in total. The van der Waals surface area contributed by atoms with Gasteiger partial charge < -0.3 is 15.7 Å². The standard InChI is InChI=1S/C23H19F5N2O4/c24-18-11-17(30-21(33)29-13-15-8-6-14(7-9-15)10-19(31)32)12-22(25,34-23(26,27)28)20(18)16-4-2-1-3-5-16/h1-9,11H,10,12-13H2,(H,31,32)(H2,29,30,33). The van der Waals surface area contributed by atoms with Crippen LogP contribution in [0.25, 0.3) is 5.57 Å². The Morgan fingerprint density at radius 1 is 1.03 bits per heavy atom. The first-order valence-corrected chi connectivity index (χ1v) is 9.92.